The van der Waals surface area contributed by atoms with Crippen molar-refractivity contribution < 1.29 is 24.5 Å². The number of unbranched alkanes of at least 4 members (excludes halogenated alkanes) is 47. The summed E-state index contributed by atoms with van der Waals surface area (Å²) in [6.07, 6.45) is 66.8. The summed E-state index contributed by atoms with van der Waals surface area (Å²) in [6, 6.07) is -0.541. The maximum absolute atomic E-state index is 12.5. The van der Waals surface area contributed by atoms with Crippen molar-refractivity contribution in [2.45, 2.75) is 366 Å². The fraction of sp³-hybridized carbons (Fsp3) is 0.967. The molecule has 3 N–H and O–H groups in total. The van der Waals surface area contributed by atoms with Crippen molar-refractivity contribution in [3.63, 3.8) is 0 Å². The van der Waals surface area contributed by atoms with Gasteiger partial charge in [-0.05, 0) is 25.7 Å². The van der Waals surface area contributed by atoms with Gasteiger partial charge in [-0.2, -0.15) is 0 Å². The molecular weight excluding hydrogens is 827 g/mol. The second-order valence-electron chi connectivity index (χ2n) is 21.4. The molecule has 6 nitrogen and oxygen atoms in total. The van der Waals surface area contributed by atoms with Gasteiger partial charge in [-0.25, -0.2) is 0 Å². The van der Waals surface area contributed by atoms with Crippen molar-refractivity contribution in [3.8, 4) is 0 Å². The molecule has 0 saturated carbocycles. The number of carbonyl (C=O) groups excluding carboxylic acids is 2. The van der Waals surface area contributed by atoms with Crippen LogP contribution >= 0.6 is 0 Å². The Morgan fingerprint density at radius 3 is 0.910 bits per heavy atom. The Morgan fingerprint density at radius 1 is 0.358 bits per heavy atom. The molecule has 6 heteroatoms. The van der Waals surface area contributed by atoms with Crippen molar-refractivity contribution in [2.24, 2.45) is 0 Å². The van der Waals surface area contributed by atoms with E-state index in [-0.39, 0.29) is 18.5 Å². The summed E-state index contributed by atoms with van der Waals surface area (Å²) >= 11 is 0. The van der Waals surface area contributed by atoms with Crippen LogP contribution in [0.5, 0.6) is 0 Å². The number of esters is 1. The van der Waals surface area contributed by atoms with Crippen molar-refractivity contribution >= 4 is 11.9 Å². The highest BCUT2D eigenvalue weighted by molar-refractivity contribution is 5.76. The lowest BCUT2D eigenvalue weighted by Gasteiger charge is -2.22. The Labute approximate surface area is 419 Å². The average molecular weight is 949 g/mol. The molecule has 0 spiro atoms. The summed E-state index contributed by atoms with van der Waals surface area (Å²) in [5.74, 6) is -0.0185. The van der Waals surface area contributed by atoms with Gasteiger partial charge < -0.3 is 20.3 Å². The second-order valence-corrected chi connectivity index (χ2v) is 21.4. The fourth-order valence-corrected chi connectivity index (χ4v) is 9.94. The standard InChI is InChI=1S/C61H121NO5/c1-3-5-7-9-11-13-15-17-18-24-27-30-33-37-41-45-49-53-59(64)58(57-63)62-60(65)54-50-46-42-38-34-31-28-25-22-20-19-21-23-26-29-32-36-40-44-48-52-56-67-61(66)55-51-47-43-39-35-16-14-12-10-8-6-4-2/h58-59,63-64H,3-57H2,1-2H3,(H,62,65). The Kier molecular flexibility index (Phi) is 56.5. The van der Waals surface area contributed by atoms with E-state index >= 15 is 0 Å². The van der Waals surface area contributed by atoms with E-state index in [1.165, 1.54) is 283 Å². The zero-order valence-electron chi connectivity index (χ0n) is 45.7. The minimum Gasteiger partial charge on any atom is -0.466 e. The first-order chi connectivity index (χ1) is 33.0. The van der Waals surface area contributed by atoms with E-state index in [9.17, 15) is 19.8 Å². The van der Waals surface area contributed by atoms with E-state index < -0.39 is 12.1 Å². The van der Waals surface area contributed by atoms with Crippen LogP contribution in [0.25, 0.3) is 0 Å². The molecule has 0 aromatic carbocycles. The molecule has 0 bridgehead atoms. The molecule has 67 heavy (non-hydrogen) atoms. The van der Waals surface area contributed by atoms with Gasteiger partial charge in [-0.1, -0.05) is 316 Å². The molecule has 0 rings (SSSR count). The van der Waals surface area contributed by atoms with Crippen LogP contribution in [0.4, 0.5) is 0 Å². The molecule has 0 radical (unpaired) electrons. The van der Waals surface area contributed by atoms with Crippen molar-refractivity contribution in [1.29, 1.82) is 0 Å². The smallest absolute Gasteiger partial charge is 0.305 e. The molecular formula is C61H121NO5. The van der Waals surface area contributed by atoms with Gasteiger partial charge in [0.25, 0.3) is 0 Å². The van der Waals surface area contributed by atoms with Gasteiger partial charge >= 0.3 is 5.97 Å². The van der Waals surface area contributed by atoms with Crippen LogP contribution in [-0.2, 0) is 14.3 Å². The predicted octanol–water partition coefficient (Wildman–Crippen LogP) is 19.1. The molecule has 400 valence electrons. The van der Waals surface area contributed by atoms with Crippen molar-refractivity contribution in [3.05, 3.63) is 0 Å². The van der Waals surface area contributed by atoms with Crippen LogP contribution in [0.1, 0.15) is 354 Å². The van der Waals surface area contributed by atoms with E-state index in [4.69, 9.17) is 4.74 Å². The summed E-state index contributed by atoms with van der Waals surface area (Å²) in [4.78, 5) is 24.5. The number of ether oxygens (including phenoxy) is 1. The van der Waals surface area contributed by atoms with Gasteiger partial charge in [0.2, 0.25) is 5.91 Å². The SMILES string of the molecule is CCCCCCCCCCCCCCCCCCCC(O)C(CO)NC(=O)CCCCCCCCCCCCCCCCCCCCCCCOC(=O)CCCCCCCCCCCCCC. The summed E-state index contributed by atoms with van der Waals surface area (Å²) in [5, 5.41) is 23.3. The largest absolute Gasteiger partial charge is 0.466 e. The van der Waals surface area contributed by atoms with Crippen molar-refractivity contribution in [1.82, 2.24) is 5.32 Å². The van der Waals surface area contributed by atoms with Crippen LogP contribution in [0.15, 0.2) is 0 Å². The van der Waals surface area contributed by atoms with Gasteiger partial charge in [-0.15, -0.1) is 0 Å². The maximum Gasteiger partial charge on any atom is 0.305 e. The third-order valence-electron chi connectivity index (χ3n) is 14.7. The third-order valence-corrected chi connectivity index (χ3v) is 14.7. The Bertz CT molecular complexity index is 959. The van der Waals surface area contributed by atoms with E-state index in [1.54, 1.807) is 0 Å². The molecule has 0 aliphatic carbocycles. The zero-order valence-corrected chi connectivity index (χ0v) is 45.7. The van der Waals surface area contributed by atoms with Crippen LogP contribution in [0.2, 0.25) is 0 Å². The maximum atomic E-state index is 12.5. The van der Waals surface area contributed by atoms with Crippen LogP contribution in [0, 0.1) is 0 Å². The normalized spacial score (nSPS) is 12.5. The van der Waals surface area contributed by atoms with E-state index in [2.05, 4.69) is 19.2 Å². The molecule has 0 aromatic heterocycles. The number of hydrogen-bond donors (Lipinski definition) is 3. The van der Waals surface area contributed by atoms with Gasteiger partial charge in [0.05, 0.1) is 25.4 Å². The molecule has 0 heterocycles. The number of hydrogen-bond acceptors (Lipinski definition) is 5. The lowest BCUT2D eigenvalue weighted by Crippen LogP contribution is -2.45. The summed E-state index contributed by atoms with van der Waals surface area (Å²) < 4.78 is 5.47. The lowest BCUT2D eigenvalue weighted by atomic mass is 10.0. The highest BCUT2D eigenvalue weighted by Crippen LogP contribution is 2.18. The minimum absolute atomic E-state index is 0.0137. The number of aliphatic hydroxyl groups excluding tert-OH is 2. The summed E-state index contributed by atoms with van der Waals surface area (Å²) in [7, 11) is 0. The van der Waals surface area contributed by atoms with Gasteiger partial charge in [0.1, 0.15) is 0 Å². The number of rotatable bonds is 58. The second kappa shape index (κ2) is 57.4. The number of carbonyl (C=O) groups is 2. The summed E-state index contributed by atoms with van der Waals surface area (Å²) in [6.45, 7) is 4.98. The number of amides is 1. The molecule has 0 aliphatic rings. The molecule has 2 unspecified atom stereocenters. The topological polar surface area (TPSA) is 95.9 Å². The van der Waals surface area contributed by atoms with E-state index in [1.807, 2.05) is 0 Å². The molecule has 0 fully saturated rings. The zero-order chi connectivity index (χ0) is 48.6. The van der Waals surface area contributed by atoms with Crippen LogP contribution in [0.3, 0.4) is 0 Å². The first kappa shape index (κ1) is 65.9. The first-order valence-electron chi connectivity index (χ1n) is 30.8. The molecule has 1 amide bonds. The van der Waals surface area contributed by atoms with Gasteiger partial charge in [-0.3, -0.25) is 9.59 Å². The molecule has 0 aromatic rings. The van der Waals surface area contributed by atoms with Crippen LogP contribution < -0.4 is 5.32 Å². The minimum atomic E-state index is -0.664. The predicted molar refractivity (Wildman–Crippen MR) is 292 cm³/mol. The van der Waals surface area contributed by atoms with Crippen LogP contribution in [-0.4, -0.2) is 47.4 Å². The quantitative estimate of drug-likeness (QED) is 0.0417. The Morgan fingerprint density at radius 2 is 0.612 bits per heavy atom. The third kappa shape index (κ3) is 54.0. The average Bonchev–Trinajstić information content (AvgIpc) is 3.33. The molecule has 2 atom stereocenters. The Balaban J connectivity index is 3.37. The van der Waals surface area contributed by atoms with E-state index in [0.29, 0.717) is 25.9 Å². The first-order valence-corrected chi connectivity index (χ1v) is 30.8. The molecule has 0 saturated heterocycles. The van der Waals surface area contributed by atoms with Crippen molar-refractivity contribution in [2.75, 3.05) is 13.2 Å². The van der Waals surface area contributed by atoms with Gasteiger partial charge in [0, 0.05) is 12.8 Å². The molecule has 0 aliphatic heterocycles. The fourth-order valence-electron chi connectivity index (χ4n) is 9.94. The summed E-state index contributed by atoms with van der Waals surface area (Å²) in [5.41, 5.74) is 0. The highest BCUT2D eigenvalue weighted by Gasteiger charge is 2.20. The van der Waals surface area contributed by atoms with E-state index in [0.717, 1.165) is 38.5 Å². The monoisotopic (exact) mass is 948 g/mol. The lowest BCUT2D eigenvalue weighted by molar-refractivity contribution is -0.143. The number of nitrogens with one attached hydrogen (secondary N) is 1. The van der Waals surface area contributed by atoms with Gasteiger partial charge in [0.15, 0.2) is 0 Å². The highest BCUT2D eigenvalue weighted by atomic mass is 16.5. The Hall–Kier alpha value is -1.14. The number of aliphatic hydroxyl groups is 2.